The first-order chi connectivity index (χ1) is 8.50. The molecule has 0 bridgehead atoms. The van der Waals surface area contributed by atoms with Crippen molar-refractivity contribution in [3.8, 4) is 0 Å². The molecular formula is C14H11ClF2O. The van der Waals surface area contributed by atoms with Gasteiger partial charge in [0.2, 0.25) is 0 Å². The highest BCUT2D eigenvalue weighted by atomic mass is 35.5. The molecule has 0 radical (unpaired) electrons. The topological polar surface area (TPSA) is 20.2 Å². The first-order valence-electron chi connectivity index (χ1n) is 5.38. The van der Waals surface area contributed by atoms with E-state index in [-0.39, 0.29) is 10.6 Å². The summed E-state index contributed by atoms with van der Waals surface area (Å²) >= 11 is 5.66. The average molecular weight is 269 g/mol. The van der Waals surface area contributed by atoms with Gasteiger partial charge in [0.05, 0.1) is 5.02 Å². The predicted molar refractivity (Wildman–Crippen MR) is 66.6 cm³/mol. The molecule has 2 aromatic rings. The summed E-state index contributed by atoms with van der Waals surface area (Å²) < 4.78 is 26.8. The lowest BCUT2D eigenvalue weighted by Gasteiger charge is -2.15. The normalized spacial score (nSPS) is 12.5. The van der Waals surface area contributed by atoms with Gasteiger partial charge in [0.25, 0.3) is 0 Å². The van der Waals surface area contributed by atoms with Crippen LogP contribution in [0, 0.1) is 18.6 Å². The number of aliphatic hydroxyl groups is 1. The van der Waals surface area contributed by atoms with Crippen molar-refractivity contribution in [3.63, 3.8) is 0 Å². The molecule has 4 heteroatoms. The summed E-state index contributed by atoms with van der Waals surface area (Å²) in [4.78, 5) is 0. The highest BCUT2D eigenvalue weighted by Gasteiger charge is 2.18. The van der Waals surface area contributed by atoms with Gasteiger partial charge in [-0.3, -0.25) is 0 Å². The number of benzene rings is 2. The Hall–Kier alpha value is -1.45. The summed E-state index contributed by atoms with van der Waals surface area (Å²) in [6, 6.07) is 8.38. The zero-order valence-electron chi connectivity index (χ0n) is 9.62. The molecule has 0 aliphatic rings. The lowest BCUT2D eigenvalue weighted by atomic mass is 9.97. The van der Waals surface area contributed by atoms with Gasteiger partial charge >= 0.3 is 0 Å². The second-order valence-electron chi connectivity index (χ2n) is 4.05. The second-order valence-corrected chi connectivity index (χ2v) is 4.45. The summed E-state index contributed by atoms with van der Waals surface area (Å²) in [5.41, 5.74) is 1.09. The molecular weight excluding hydrogens is 258 g/mol. The number of hydrogen-bond donors (Lipinski definition) is 1. The van der Waals surface area contributed by atoms with Crippen LogP contribution in [0.25, 0.3) is 0 Å². The van der Waals surface area contributed by atoms with Gasteiger partial charge in [-0.2, -0.15) is 0 Å². The first kappa shape index (κ1) is 13.0. The van der Waals surface area contributed by atoms with E-state index >= 15 is 0 Å². The smallest absolute Gasteiger partial charge is 0.147 e. The van der Waals surface area contributed by atoms with E-state index < -0.39 is 17.7 Å². The van der Waals surface area contributed by atoms with E-state index in [1.165, 1.54) is 30.3 Å². The van der Waals surface area contributed by atoms with Gasteiger partial charge in [-0.1, -0.05) is 29.8 Å². The molecule has 2 aromatic carbocycles. The van der Waals surface area contributed by atoms with Gasteiger partial charge in [0, 0.05) is 5.56 Å². The molecule has 0 saturated heterocycles. The molecule has 0 aromatic heterocycles. The minimum Gasteiger partial charge on any atom is -0.384 e. The molecule has 0 amide bonds. The third-order valence-corrected chi connectivity index (χ3v) is 3.09. The van der Waals surface area contributed by atoms with E-state index in [2.05, 4.69) is 0 Å². The third kappa shape index (κ3) is 2.37. The van der Waals surface area contributed by atoms with E-state index in [1.807, 2.05) is 0 Å². The van der Waals surface area contributed by atoms with E-state index in [9.17, 15) is 13.9 Å². The van der Waals surface area contributed by atoms with Crippen molar-refractivity contribution >= 4 is 11.6 Å². The average Bonchev–Trinajstić information content (AvgIpc) is 2.32. The van der Waals surface area contributed by atoms with Crippen molar-refractivity contribution in [2.24, 2.45) is 0 Å². The van der Waals surface area contributed by atoms with Crippen molar-refractivity contribution in [1.82, 2.24) is 0 Å². The number of halogens is 3. The van der Waals surface area contributed by atoms with Crippen LogP contribution in [-0.4, -0.2) is 5.11 Å². The molecule has 1 nitrogen and oxygen atoms in total. The summed E-state index contributed by atoms with van der Waals surface area (Å²) in [5, 5.41) is 10.1. The Morgan fingerprint density at radius 1 is 1.11 bits per heavy atom. The van der Waals surface area contributed by atoms with E-state index in [1.54, 1.807) is 13.0 Å². The van der Waals surface area contributed by atoms with Crippen LogP contribution in [0.1, 0.15) is 22.8 Å². The Bertz CT molecular complexity index is 584. The fraction of sp³-hybridized carbons (Fsp3) is 0.143. The highest BCUT2D eigenvalue weighted by Crippen LogP contribution is 2.29. The van der Waals surface area contributed by atoms with Crippen LogP contribution in [-0.2, 0) is 0 Å². The van der Waals surface area contributed by atoms with Gasteiger partial charge < -0.3 is 5.11 Å². The molecule has 94 valence electrons. The fourth-order valence-corrected chi connectivity index (χ4v) is 2.03. The molecule has 0 aliphatic heterocycles. The lowest BCUT2D eigenvalue weighted by molar-refractivity contribution is 0.214. The summed E-state index contributed by atoms with van der Waals surface area (Å²) in [7, 11) is 0. The molecule has 0 spiro atoms. The van der Waals surface area contributed by atoms with Crippen LogP contribution in [0.4, 0.5) is 8.78 Å². The van der Waals surface area contributed by atoms with Crippen molar-refractivity contribution in [2.75, 3.05) is 0 Å². The maximum atomic E-state index is 13.8. The Balaban J connectivity index is 2.48. The first-order valence-corrected chi connectivity index (χ1v) is 5.76. The number of aryl methyl sites for hydroxylation is 1. The number of hydrogen-bond acceptors (Lipinski definition) is 1. The zero-order valence-corrected chi connectivity index (χ0v) is 10.4. The minimum atomic E-state index is -1.16. The maximum Gasteiger partial charge on any atom is 0.147 e. The SMILES string of the molecule is Cc1cc(F)ccc1C(O)c1cccc(Cl)c1F. The van der Waals surface area contributed by atoms with Gasteiger partial charge in [0.15, 0.2) is 0 Å². The monoisotopic (exact) mass is 268 g/mol. The number of aliphatic hydroxyl groups excluding tert-OH is 1. The van der Waals surface area contributed by atoms with Crippen molar-refractivity contribution in [3.05, 3.63) is 69.7 Å². The maximum absolute atomic E-state index is 13.8. The van der Waals surface area contributed by atoms with E-state index in [0.29, 0.717) is 11.1 Å². The molecule has 0 aliphatic carbocycles. The van der Waals surface area contributed by atoms with Crippen LogP contribution in [0.5, 0.6) is 0 Å². The Morgan fingerprint density at radius 2 is 1.83 bits per heavy atom. The van der Waals surface area contributed by atoms with Crippen LogP contribution >= 0.6 is 11.6 Å². The fourth-order valence-electron chi connectivity index (χ4n) is 1.85. The standard InChI is InChI=1S/C14H11ClF2O/c1-8-7-9(16)5-6-10(8)14(18)11-3-2-4-12(15)13(11)17/h2-7,14,18H,1H3. The molecule has 0 fully saturated rings. The summed E-state index contributed by atoms with van der Waals surface area (Å²) in [6.45, 7) is 1.66. The lowest BCUT2D eigenvalue weighted by Crippen LogP contribution is -2.05. The molecule has 1 atom stereocenters. The molecule has 0 heterocycles. The van der Waals surface area contributed by atoms with Crippen LogP contribution in [0.15, 0.2) is 36.4 Å². The van der Waals surface area contributed by atoms with Crippen molar-refractivity contribution < 1.29 is 13.9 Å². The zero-order chi connectivity index (χ0) is 13.3. The van der Waals surface area contributed by atoms with Crippen LogP contribution in [0.2, 0.25) is 5.02 Å². The van der Waals surface area contributed by atoms with Crippen molar-refractivity contribution in [1.29, 1.82) is 0 Å². The summed E-state index contributed by atoms with van der Waals surface area (Å²) in [6.07, 6.45) is -1.16. The molecule has 2 rings (SSSR count). The van der Waals surface area contributed by atoms with Crippen molar-refractivity contribution in [2.45, 2.75) is 13.0 Å². The van der Waals surface area contributed by atoms with Gasteiger partial charge in [-0.25, -0.2) is 8.78 Å². The quantitative estimate of drug-likeness (QED) is 0.873. The van der Waals surface area contributed by atoms with Gasteiger partial charge in [-0.15, -0.1) is 0 Å². The Morgan fingerprint density at radius 3 is 2.50 bits per heavy atom. The minimum absolute atomic E-state index is 0.0497. The Kier molecular flexibility index (Phi) is 3.64. The third-order valence-electron chi connectivity index (χ3n) is 2.80. The molecule has 0 saturated carbocycles. The van der Waals surface area contributed by atoms with Gasteiger partial charge in [0.1, 0.15) is 17.7 Å². The molecule has 1 unspecified atom stereocenters. The summed E-state index contributed by atoms with van der Waals surface area (Å²) in [5.74, 6) is -1.05. The number of rotatable bonds is 2. The van der Waals surface area contributed by atoms with Crippen LogP contribution < -0.4 is 0 Å². The predicted octanol–water partition coefficient (Wildman–Crippen LogP) is 4.01. The van der Waals surface area contributed by atoms with E-state index in [0.717, 1.165) is 0 Å². The van der Waals surface area contributed by atoms with Gasteiger partial charge in [-0.05, 0) is 36.2 Å². The highest BCUT2D eigenvalue weighted by molar-refractivity contribution is 6.30. The Labute approximate surface area is 109 Å². The molecule has 18 heavy (non-hydrogen) atoms. The molecule has 1 N–H and O–H groups in total. The largest absolute Gasteiger partial charge is 0.384 e. The second kappa shape index (κ2) is 5.04. The van der Waals surface area contributed by atoms with E-state index in [4.69, 9.17) is 11.6 Å². The van der Waals surface area contributed by atoms with Crippen LogP contribution in [0.3, 0.4) is 0 Å².